The quantitative estimate of drug-likeness (QED) is 0.830. The molecule has 16 heavy (non-hydrogen) atoms. The highest BCUT2D eigenvalue weighted by atomic mass is 79.9. The van der Waals surface area contributed by atoms with Crippen molar-refractivity contribution in [3.8, 4) is 0 Å². The molecule has 1 aromatic rings. The third-order valence-corrected chi connectivity index (χ3v) is 3.76. The van der Waals surface area contributed by atoms with Crippen LogP contribution < -0.4 is 11.1 Å². The molecule has 0 heterocycles. The summed E-state index contributed by atoms with van der Waals surface area (Å²) >= 11 is 3.16. The van der Waals surface area contributed by atoms with Crippen molar-refractivity contribution in [2.75, 3.05) is 17.6 Å². The van der Waals surface area contributed by atoms with Gasteiger partial charge in [0.15, 0.2) is 0 Å². The summed E-state index contributed by atoms with van der Waals surface area (Å²) < 4.78 is 13.6. The maximum atomic E-state index is 13.1. The Bertz CT molecular complexity index is 376. The van der Waals surface area contributed by atoms with Crippen molar-refractivity contribution in [3.63, 3.8) is 0 Å². The summed E-state index contributed by atoms with van der Waals surface area (Å²) in [6.07, 6.45) is 5.23. The van der Waals surface area contributed by atoms with Crippen molar-refractivity contribution in [2.24, 2.45) is 5.92 Å². The van der Waals surface area contributed by atoms with Crippen molar-refractivity contribution in [2.45, 2.75) is 25.7 Å². The minimum Gasteiger partial charge on any atom is -0.397 e. The number of nitrogens with two attached hydrogens (primary N) is 1. The Kier molecular flexibility index (Phi) is 3.69. The van der Waals surface area contributed by atoms with Gasteiger partial charge in [-0.05, 0) is 40.8 Å². The molecule has 0 radical (unpaired) electrons. The predicted octanol–water partition coefficient (Wildman–Crippen LogP) is 3.77. The van der Waals surface area contributed by atoms with Crippen LogP contribution in [0.25, 0.3) is 0 Å². The van der Waals surface area contributed by atoms with E-state index in [1.807, 2.05) is 0 Å². The Morgan fingerprint density at radius 2 is 2.06 bits per heavy atom. The molecule has 1 aliphatic rings. The topological polar surface area (TPSA) is 38.0 Å². The standard InChI is InChI=1S/C12H16BrFN2/c13-9-5-12(11(15)6-10(9)14)16-7-8-3-1-2-4-8/h5-6,8,16H,1-4,7,15H2. The molecule has 88 valence electrons. The van der Waals surface area contributed by atoms with Crippen LogP contribution in [-0.4, -0.2) is 6.54 Å². The van der Waals surface area contributed by atoms with Gasteiger partial charge >= 0.3 is 0 Å². The second kappa shape index (κ2) is 5.04. The van der Waals surface area contributed by atoms with E-state index in [1.165, 1.54) is 31.7 Å². The fourth-order valence-corrected chi connectivity index (χ4v) is 2.53. The lowest BCUT2D eigenvalue weighted by molar-refractivity contribution is 0.579. The molecule has 0 bridgehead atoms. The van der Waals surface area contributed by atoms with E-state index in [4.69, 9.17) is 5.73 Å². The minimum absolute atomic E-state index is 0.316. The van der Waals surface area contributed by atoms with E-state index < -0.39 is 0 Å². The monoisotopic (exact) mass is 286 g/mol. The lowest BCUT2D eigenvalue weighted by Gasteiger charge is -2.14. The van der Waals surface area contributed by atoms with E-state index in [0.29, 0.717) is 10.2 Å². The second-order valence-electron chi connectivity index (χ2n) is 4.38. The van der Waals surface area contributed by atoms with Crippen molar-refractivity contribution in [3.05, 3.63) is 22.4 Å². The van der Waals surface area contributed by atoms with E-state index in [9.17, 15) is 4.39 Å². The normalized spacial score (nSPS) is 16.6. The number of nitrogens with one attached hydrogen (secondary N) is 1. The SMILES string of the molecule is Nc1cc(F)c(Br)cc1NCC1CCCC1. The lowest BCUT2D eigenvalue weighted by Crippen LogP contribution is -2.12. The van der Waals surface area contributed by atoms with Gasteiger partial charge < -0.3 is 11.1 Å². The van der Waals surface area contributed by atoms with Crippen LogP contribution in [0.1, 0.15) is 25.7 Å². The molecule has 0 saturated heterocycles. The van der Waals surface area contributed by atoms with Crippen molar-refractivity contribution < 1.29 is 4.39 Å². The number of nitrogen functional groups attached to an aromatic ring is 1. The zero-order valence-electron chi connectivity index (χ0n) is 9.10. The highest BCUT2D eigenvalue weighted by molar-refractivity contribution is 9.10. The molecule has 3 N–H and O–H groups in total. The Labute approximate surface area is 104 Å². The van der Waals surface area contributed by atoms with Crippen LogP contribution in [-0.2, 0) is 0 Å². The summed E-state index contributed by atoms with van der Waals surface area (Å²) in [6.45, 7) is 0.933. The Balaban J connectivity index is 2.00. The van der Waals surface area contributed by atoms with Crippen LogP contribution in [0.4, 0.5) is 15.8 Å². The van der Waals surface area contributed by atoms with E-state index in [2.05, 4.69) is 21.2 Å². The number of rotatable bonds is 3. The number of benzene rings is 1. The first-order valence-electron chi connectivity index (χ1n) is 5.65. The fourth-order valence-electron chi connectivity index (χ4n) is 2.18. The van der Waals surface area contributed by atoms with Gasteiger partial charge in [0, 0.05) is 12.6 Å². The van der Waals surface area contributed by atoms with Gasteiger partial charge in [-0.25, -0.2) is 4.39 Å². The molecule has 1 aliphatic carbocycles. The fraction of sp³-hybridized carbons (Fsp3) is 0.500. The van der Waals surface area contributed by atoms with Crippen LogP contribution in [0.15, 0.2) is 16.6 Å². The van der Waals surface area contributed by atoms with Crippen LogP contribution in [0.3, 0.4) is 0 Å². The molecule has 4 heteroatoms. The van der Waals surface area contributed by atoms with Crippen LogP contribution >= 0.6 is 15.9 Å². The number of halogens is 2. The van der Waals surface area contributed by atoms with Crippen molar-refractivity contribution in [1.29, 1.82) is 0 Å². The third-order valence-electron chi connectivity index (χ3n) is 3.15. The van der Waals surface area contributed by atoms with Gasteiger partial charge in [-0.1, -0.05) is 12.8 Å². The van der Waals surface area contributed by atoms with Gasteiger partial charge in [0.25, 0.3) is 0 Å². The van der Waals surface area contributed by atoms with E-state index in [0.717, 1.165) is 18.2 Å². The molecule has 1 saturated carbocycles. The smallest absolute Gasteiger partial charge is 0.139 e. The Hall–Kier alpha value is -0.770. The lowest BCUT2D eigenvalue weighted by atomic mass is 10.1. The summed E-state index contributed by atoms with van der Waals surface area (Å²) in [7, 11) is 0. The first-order valence-corrected chi connectivity index (χ1v) is 6.44. The number of hydrogen-bond donors (Lipinski definition) is 2. The van der Waals surface area contributed by atoms with E-state index >= 15 is 0 Å². The van der Waals surface area contributed by atoms with Gasteiger partial charge in [0.05, 0.1) is 15.8 Å². The summed E-state index contributed by atoms with van der Waals surface area (Å²) in [5.74, 6) is 0.423. The first kappa shape index (κ1) is 11.7. The average molecular weight is 287 g/mol. The summed E-state index contributed by atoms with van der Waals surface area (Å²) in [4.78, 5) is 0. The number of hydrogen-bond acceptors (Lipinski definition) is 2. The molecule has 1 aromatic carbocycles. The second-order valence-corrected chi connectivity index (χ2v) is 5.24. The zero-order valence-corrected chi connectivity index (χ0v) is 10.7. The van der Waals surface area contributed by atoms with Crippen molar-refractivity contribution >= 4 is 27.3 Å². The molecule has 0 aliphatic heterocycles. The minimum atomic E-state index is -0.316. The van der Waals surface area contributed by atoms with Gasteiger partial charge in [-0.15, -0.1) is 0 Å². The summed E-state index contributed by atoms with van der Waals surface area (Å²) in [5, 5.41) is 3.30. The molecular formula is C12H16BrFN2. The van der Waals surface area contributed by atoms with Crippen LogP contribution in [0.2, 0.25) is 0 Å². The molecule has 0 atom stereocenters. The van der Waals surface area contributed by atoms with E-state index in [-0.39, 0.29) is 5.82 Å². The molecule has 2 nitrogen and oxygen atoms in total. The molecule has 2 rings (SSSR count). The van der Waals surface area contributed by atoms with Crippen LogP contribution in [0.5, 0.6) is 0 Å². The predicted molar refractivity (Wildman–Crippen MR) is 69.0 cm³/mol. The van der Waals surface area contributed by atoms with Crippen LogP contribution in [0, 0.1) is 11.7 Å². The molecule has 0 amide bonds. The third kappa shape index (κ3) is 2.67. The molecule has 0 spiro atoms. The van der Waals surface area contributed by atoms with E-state index in [1.54, 1.807) is 6.07 Å². The summed E-state index contributed by atoms with van der Waals surface area (Å²) in [5.41, 5.74) is 7.04. The van der Waals surface area contributed by atoms with Gasteiger partial charge in [0.1, 0.15) is 5.82 Å². The van der Waals surface area contributed by atoms with Gasteiger partial charge in [0.2, 0.25) is 0 Å². The largest absolute Gasteiger partial charge is 0.397 e. The Morgan fingerprint density at radius 3 is 2.75 bits per heavy atom. The summed E-state index contributed by atoms with van der Waals surface area (Å²) in [6, 6.07) is 3.06. The maximum absolute atomic E-state index is 13.1. The average Bonchev–Trinajstić information content (AvgIpc) is 2.74. The number of anilines is 2. The molecule has 0 unspecified atom stereocenters. The highest BCUT2D eigenvalue weighted by Crippen LogP contribution is 2.29. The molecular weight excluding hydrogens is 271 g/mol. The van der Waals surface area contributed by atoms with Gasteiger partial charge in [-0.3, -0.25) is 0 Å². The zero-order chi connectivity index (χ0) is 11.5. The Morgan fingerprint density at radius 1 is 1.38 bits per heavy atom. The molecule has 0 aromatic heterocycles. The maximum Gasteiger partial charge on any atom is 0.139 e. The van der Waals surface area contributed by atoms with Crippen molar-refractivity contribution in [1.82, 2.24) is 0 Å². The first-order chi connectivity index (χ1) is 7.66. The molecule has 1 fully saturated rings. The van der Waals surface area contributed by atoms with Gasteiger partial charge in [-0.2, -0.15) is 0 Å². The highest BCUT2D eigenvalue weighted by Gasteiger charge is 2.15.